The van der Waals surface area contributed by atoms with E-state index in [4.69, 9.17) is 9.52 Å². The van der Waals surface area contributed by atoms with Crippen molar-refractivity contribution in [1.82, 2.24) is 15.2 Å². The van der Waals surface area contributed by atoms with Crippen molar-refractivity contribution in [2.24, 2.45) is 5.92 Å². The number of nitrogens with zero attached hydrogens (tertiary/aromatic N) is 2. The minimum Gasteiger partial charge on any atom is -0.478 e. The Balaban J connectivity index is 1.57. The number of fused-ring (bicyclic) bond motifs is 4. The van der Waals surface area contributed by atoms with Gasteiger partial charge in [0, 0.05) is 18.5 Å². The molecule has 2 bridgehead atoms. The van der Waals surface area contributed by atoms with E-state index < -0.39 is 5.97 Å². The van der Waals surface area contributed by atoms with Gasteiger partial charge in [-0.3, -0.25) is 9.69 Å². The molecule has 23 heavy (non-hydrogen) atoms. The number of carbonyl (C=O) groups excluding carboxylic acids is 1. The van der Waals surface area contributed by atoms with Crippen molar-refractivity contribution in [3.63, 3.8) is 0 Å². The number of rotatable bonds is 3. The third kappa shape index (κ3) is 2.46. The van der Waals surface area contributed by atoms with Crippen molar-refractivity contribution >= 4 is 22.8 Å². The molecule has 7 nitrogen and oxygen atoms in total. The van der Waals surface area contributed by atoms with Crippen LogP contribution in [0, 0.1) is 5.92 Å². The van der Waals surface area contributed by atoms with Crippen LogP contribution < -0.4 is 5.32 Å². The first kappa shape index (κ1) is 14.2. The van der Waals surface area contributed by atoms with Crippen LogP contribution in [0.3, 0.4) is 0 Å². The van der Waals surface area contributed by atoms with Crippen LogP contribution in [0.2, 0.25) is 0 Å². The highest BCUT2D eigenvalue weighted by Gasteiger charge is 2.34. The summed E-state index contributed by atoms with van der Waals surface area (Å²) < 4.78 is 5.15. The van der Waals surface area contributed by atoms with Crippen molar-refractivity contribution in [2.45, 2.75) is 25.4 Å². The van der Waals surface area contributed by atoms with E-state index in [1.165, 1.54) is 31.4 Å². The zero-order chi connectivity index (χ0) is 16.0. The summed E-state index contributed by atoms with van der Waals surface area (Å²) in [5.74, 6) is -0.674. The number of nitrogens with one attached hydrogen (secondary N) is 1. The third-order valence-electron chi connectivity index (χ3n) is 4.87. The summed E-state index contributed by atoms with van der Waals surface area (Å²) in [6, 6.07) is 1.48. The molecule has 0 aromatic carbocycles. The number of carboxylic acids is 1. The van der Waals surface area contributed by atoms with Gasteiger partial charge in [0.05, 0.1) is 12.4 Å². The van der Waals surface area contributed by atoms with Crippen LogP contribution in [-0.2, 0) is 0 Å². The van der Waals surface area contributed by atoms with Crippen molar-refractivity contribution in [3.05, 3.63) is 29.8 Å². The SMILES string of the molecule is O=C(NC1CC2CCN1CC2)c1cc2c(C(=O)O)coc2cn1. The molecule has 0 spiro atoms. The van der Waals surface area contributed by atoms with E-state index in [1.807, 2.05) is 0 Å². The Labute approximate surface area is 132 Å². The molecule has 3 fully saturated rings. The summed E-state index contributed by atoms with van der Waals surface area (Å²) in [5.41, 5.74) is 0.611. The Hall–Kier alpha value is -2.41. The molecule has 3 saturated heterocycles. The Kier molecular flexibility index (Phi) is 3.30. The van der Waals surface area contributed by atoms with Gasteiger partial charge in [0.25, 0.3) is 5.91 Å². The van der Waals surface area contributed by atoms with Crippen LogP contribution in [0.15, 0.2) is 22.9 Å². The molecular formula is C16H17N3O4. The van der Waals surface area contributed by atoms with E-state index >= 15 is 0 Å². The lowest BCUT2D eigenvalue weighted by Crippen LogP contribution is -2.56. The van der Waals surface area contributed by atoms with Gasteiger partial charge in [-0.2, -0.15) is 0 Å². The average molecular weight is 315 g/mol. The largest absolute Gasteiger partial charge is 0.478 e. The first-order valence-electron chi connectivity index (χ1n) is 7.77. The van der Waals surface area contributed by atoms with Gasteiger partial charge in [-0.05, 0) is 31.2 Å². The molecule has 0 aliphatic carbocycles. The van der Waals surface area contributed by atoms with Crippen LogP contribution >= 0.6 is 0 Å². The topological polar surface area (TPSA) is 95.7 Å². The molecule has 5 heterocycles. The molecule has 1 atom stereocenters. The lowest BCUT2D eigenvalue weighted by molar-refractivity contribution is 0.0293. The standard InChI is InChI=1S/C16H17N3O4/c20-15(18-14-5-9-1-3-19(14)4-2-9)12-6-10-11(16(21)22)8-23-13(10)7-17-12/h6-9,14H,1-5H2,(H,18,20)(H,21,22). The number of hydrogen-bond donors (Lipinski definition) is 2. The van der Waals surface area contributed by atoms with Crippen LogP contribution in [0.25, 0.3) is 11.0 Å². The van der Waals surface area contributed by atoms with E-state index in [0.29, 0.717) is 16.9 Å². The lowest BCUT2D eigenvalue weighted by Gasteiger charge is -2.45. The zero-order valence-electron chi connectivity index (χ0n) is 12.5. The van der Waals surface area contributed by atoms with Crippen LogP contribution in [-0.4, -0.2) is 46.1 Å². The monoisotopic (exact) mass is 315 g/mol. The lowest BCUT2D eigenvalue weighted by atomic mass is 9.86. The van der Waals surface area contributed by atoms with Gasteiger partial charge < -0.3 is 14.8 Å². The van der Waals surface area contributed by atoms with E-state index in [1.54, 1.807) is 0 Å². The van der Waals surface area contributed by atoms with E-state index in [0.717, 1.165) is 19.5 Å². The van der Waals surface area contributed by atoms with Gasteiger partial charge in [0.15, 0.2) is 5.58 Å². The van der Waals surface area contributed by atoms with E-state index in [9.17, 15) is 9.59 Å². The number of carbonyl (C=O) groups is 2. The molecule has 3 aliphatic heterocycles. The van der Waals surface area contributed by atoms with Crippen LogP contribution in [0.4, 0.5) is 0 Å². The highest BCUT2D eigenvalue weighted by Crippen LogP contribution is 2.30. The number of furan rings is 1. The first-order valence-corrected chi connectivity index (χ1v) is 7.77. The second-order valence-electron chi connectivity index (χ2n) is 6.22. The summed E-state index contributed by atoms with van der Waals surface area (Å²) in [4.78, 5) is 30.0. The second kappa shape index (κ2) is 5.34. The van der Waals surface area contributed by atoms with Gasteiger partial charge in [0.2, 0.25) is 0 Å². The quantitative estimate of drug-likeness (QED) is 0.895. The predicted octanol–water partition coefficient (Wildman–Crippen LogP) is 1.70. The Morgan fingerprint density at radius 2 is 2.13 bits per heavy atom. The van der Waals surface area contributed by atoms with Crippen molar-refractivity contribution in [2.75, 3.05) is 13.1 Å². The Morgan fingerprint density at radius 3 is 2.78 bits per heavy atom. The first-order chi connectivity index (χ1) is 11.1. The molecule has 7 heteroatoms. The molecule has 0 radical (unpaired) electrons. The van der Waals surface area contributed by atoms with Crippen molar-refractivity contribution in [3.8, 4) is 0 Å². The van der Waals surface area contributed by atoms with Gasteiger partial charge >= 0.3 is 5.97 Å². The maximum Gasteiger partial charge on any atom is 0.339 e. The van der Waals surface area contributed by atoms with E-state index in [2.05, 4.69) is 15.2 Å². The molecule has 5 rings (SSSR count). The van der Waals surface area contributed by atoms with Crippen molar-refractivity contribution in [1.29, 1.82) is 0 Å². The smallest absolute Gasteiger partial charge is 0.339 e. The highest BCUT2D eigenvalue weighted by molar-refractivity contribution is 6.04. The maximum absolute atomic E-state index is 12.5. The fourth-order valence-corrected chi connectivity index (χ4v) is 3.56. The molecule has 2 aromatic heterocycles. The zero-order valence-corrected chi connectivity index (χ0v) is 12.5. The fraction of sp³-hybridized carbons (Fsp3) is 0.438. The van der Waals surface area contributed by atoms with Gasteiger partial charge in [-0.15, -0.1) is 0 Å². The van der Waals surface area contributed by atoms with Crippen molar-refractivity contribution < 1.29 is 19.1 Å². The number of aromatic nitrogens is 1. The van der Waals surface area contributed by atoms with Gasteiger partial charge in [0.1, 0.15) is 17.5 Å². The normalized spacial score (nSPS) is 26.3. The Bertz CT molecular complexity index is 777. The predicted molar refractivity (Wildman–Crippen MR) is 81.1 cm³/mol. The summed E-state index contributed by atoms with van der Waals surface area (Å²) in [7, 11) is 0. The number of amides is 1. The summed E-state index contributed by atoms with van der Waals surface area (Å²) in [6.45, 7) is 2.04. The summed E-state index contributed by atoms with van der Waals surface area (Å²) >= 11 is 0. The molecule has 120 valence electrons. The summed E-state index contributed by atoms with van der Waals surface area (Å²) in [5, 5.41) is 12.6. The minimum atomic E-state index is -1.09. The number of carboxylic acid groups (broad SMARTS) is 1. The van der Waals surface area contributed by atoms with E-state index in [-0.39, 0.29) is 23.3 Å². The average Bonchev–Trinajstić information content (AvgIpc) is 2.99. The molecule has 0 saturated carbocycles. The van der Waals surface area contributed by atoms with Crippen LogP contribution in [0.1, 0.15) is 40.1 Å². The third-order valence-corrected chi connectivity index (χ3v) is 4.87. The fourth-order valence-electron chi connectivity index (χ4n) is 3.56. The number of piperidine rings is 3. The summed E-state index contributed by atoms with van der Waals surface area (Å²) in [6.07, 6.45) is 5.99. The molecule has 2 aromatic rings. The Morgan fingerprint density at radius 1 is 1.35 bits per heavy atom. The second-order valence-corrected chi connectivity index (χ2v) is 6.22. The highest BCUT2D eigenvalue weighted by atomic mass is 16.4. The minimum absolute atomic E-state index is 0.0388. The number of hydrogen-bond acceptors (Lipinski definition) is 5. The molecule has 2 N–H and O–H groups in total. The molecular weight excluding hydrogens is 298 g/mol. The van der Waals surface area contributed by atoms with Gasteiger partial charge in [-0.1, -0.05) is 0 Å². The van der Waals surface area contributed by atoms with Gasteiger partial charge in [-0.25, -0.2) is 9.78 Å². The van der Waals surface area contributed by atoms with Crippen LogP contribution in [0.5, 0.6) is 0 Å². The molecule has 1 amide bonds. The maximum atomic E-state index is 12.5. The molecule has 1 unspecified atom stereocenters. The number of pyridine rings is 1. The molecule has 3 aliphatic rings. The number of aromatic carboxylic acids is 1.